The van der Waals surface area contributed by atoms with Gasteiger partial charge in [-0.05, 0) is 54.7 Å². The minimum Gasteiger partial charge on any atom is -0.502 e. The van der Waals surface area contributed by atoms with E-state index in [0.29, 0.717) is 18.6 Å². The molecule has 0 saturated carbocycles. The fourth-order valence-corrected chi connectivity index (χ4v) is 5.11. The van der Waals surface area contributed by atoms with Crippen LogP contribution in [0.1, 0.15) is 46.7 Å². The molecule has 9 nitrogen and oxygen atoms in total. The van der Waals surface area contributed by atoms with Crippen LogP contribution in [0.15, 0.2) is 59.7 Å². The maximum absolute atomic E-state index is 11.8. The smallest absolute Gasteiger partial charge is 0.404 e. The van der Waals surface area contributed by atoms with E-state index in [1.807, 2.05) is 36.4 Å². The summed E-state index contributed by atoms with van der Waals surface area (Å²) in [5, 5.41) is 21.5. The number of carbonyl (C=O) groups is 1. The summed E-state index contributed by atoms with van der Waals surface area (Å²) in [5.41, 5.74) is 3.44. The molecule has 3 heterocycles. The van der Waals surface area contributed by atoms with Gasteiger partial charge in [-0.3, -0.25) is 9.69 Å². The third-order valence-corrected chi connectivity index (χ3v) is 7.01. The summed E-state index contributed by atoms with van der Waals surface area (Å²) in [6.07, 6.45) is 3.52. The Morgan fingerprint density at radius 3 is 2.26 bits per heavy atom. The van der Waals surface area contributed by atoms with Crippen molar-refractivity contribution in [2.75, 3.05) is 19.6 Å². The van der Waals surface area contributed by atoms with E-state index in [1.165, 1.54) is 24.7 Å². The lowest BCUT2D eigenvalue weighted by atomic mass is 9.94. The Labute approximate surface area is 220 Å². The van der Waals surface area contributed by atoms with Crippen molar-refractivity contribution in [1.82, 2.24) is 20.2 Å². The third kappa shape index (κ3) is 6.40. The number of morpholine rings is 1. The molecule has 9 heteroatoms. The Balaban J connectivity index is 1.21. The van der Waals surface area contributed by atoms with E-state index >= 15 is 0 Å². The number of nitrogens with zero attached hydrogens (tertiary/aromatic N) is 2. The molecule has 0 spiro atoms. The summed E-state index contributed by atoms with van der Waals surface area (Å²) in [6.45, 7) is 2.95. The maximum Gasteiger partial charge on any atom is 0.404 e. The zero-order chi connectivity index (χ0) is 26.5. The largest absolute Gasteiger partial charge is 0.502 e. The van der Waals surface area contributed by atoms with Gasteiger partial charge in [-0.2, -0.15) is 0 Å². The second-order valence-corrected chi connectivity index (χ2v) is 9.85. The molecule has 3 unspecified atom stereocenters. The molecule has 2 aromatic carbocycles. The van der Waals surface area contributed by atoms with Crippen LogP contribution < -0.4 is 10.9 Å². The van der Waals surface area contributed by atoms with Crippen LogP contribution in [-0.4, -0.2) is 63.0 Å². The van der Waals surface area contributed by atoms with Crippen LogP contribution in [-0.2, 0) is 17.7 Å². The standard InChI is InChI=1S/C29H30N4O5/c34-27-26(31-18-32-28(27)35)23(14-30-29(36)37)13-21-7-3-19(4-8-21)1-2-20-5-9-22(10-6-20)15-33-16-24-11-12-25(17-33)38-24/h3-10,18,23-25,30,34H,11-17H2,(H,36,37)(H,31,32,35). The molecule has 2 bridgehead atoms. The highest BCUT2D eigenvalue weighted by molar-refractivity contribution is 5.64. The second-order valence-electron chi connectivity index (χ2n) is 9.85. The number of carboxylic acid groups (broad SMARTS) is 1. The fraction of sp³-hybridized carbons (Fsp3) is 0.345. The van der Waals surface area contributed by atoms with Crippen LogP contribution in [0.5, 0.6) is 5.75 Å². The Morgan fingerprint density at radius 1 is 1.05 bits per heavy atom. The van der Waals surface area contributed by atoms with Gasteiger partial charge in [0.15, 0.2) is 0 Å². The molecule has 4 N–H and O–H groups in total. The van der Waals surface area contributed by atoms with Crippen molar-refractivity contribution in [3.8, 4) is 17.6 Å². The van der Waals surface area contributed by atoms with Crippen LogP contribution >= 0.6 is 0 Å². The zero-order valence-electron chi connectivity index (χ0n) is 20.9. The van der Waals surface area contributed by atoms with Crippen molar-refractivity contribution < 1.29 is 19.7 Å². The lowest BCUT2D eigenvalue weighted by molar-refractivity contribution is -0.0410. The van der Waals surface area contributed by atoms with Crippen molar-refractivity contribution in [3.05, 3.63) is 93.2 Å². The molecule has 0 radical (unpaired) electrons. The van der Waals surface area contributed by atoms with Gasteiger partial charge in [0.2, 0.25) is 5.75 Å². The monoisotopic (exact) mass is 514 g/mol. The molecule has 1 aromatic heterocycles. The molecule has 2 aliphatic heterocycles. The first-order valence-corrected chi connectivity index (χ1v) is 12.7. The first kappa shape index (κ1) is 25.5. The van der Waals surface area contributed by atoms with E-state index in [2.05, 4.69) is 44.2 Å². The number of hydrogen-bond donors (Lipinski definition) is 4. The molecule has 38 heavy (non-hydrogen) atoms. The van der Waals surface area contributed by atoms with Gasteiger partial charge >= 0.3 is 6.09 Å². The van der Waals surface area contributed by atoms with Crippen molar-refractivity contribution in [1.29, 1.82) is 0 Å². The molecule has 3 aromatic rings. The number of hydrogen-bond acceptors (Lipinski definition) is 6. The van der Waals surface area contributed by atoms with Gasteiger partial charge in [0, 0.05) is 43.2 Å². The highest BCUT2D eigenvalue weighted by atomic mass is 16.5. The number of aromatic hydroxyl groups is 1. The van der Waals surface area contributed by atoms with Crippen LogP contribution in [0.4, 0.5) is 4.79 Å². The van der Waals surface area contributed by atoms with Gasteiger partial charge in [0.1, 0.15) is 0 Å². The number of fused-ring (bicyclic) bond motifs is 2. The van der Waals surface area contributed by atoms with Crippen molar-refractivity contribution in [2.45, 2.75) is 43.9 Å². The third-order valence-electron chi connectivity index (χ3n) is 7.01. The summed E-state index contributed by atoms with van der Waals surface area (Å²) in [4.78, 5) is 31.7. The van der Waals surface area contributed by atoms with Crippen LogP contribution in [0.3, 0.4) is 0 Å². The summed E-state index contributed by atoms with van der Waals surface area (Å²) < 4.78 is 5.92. The van der Waals surface area contributed by atoms with Gasteiger partial charge in [-0.1, -0.05) is 36.1 Å². The first-order valence-electron chi connectivity index (χ1n) is 12.7. The molecule has 3 atom stereocenters. The molecule has 196 valence electrons. The molecular formula is C29H30N4O5. The summed E-state index contributed by atoms with van der Waals surface area (Å²) in [5.74, 6) is 5.37. The minimum atomic E-state index is -1.19. The number of benzene rings is 2. The van der Waals surface area contributed by atoms with E-state index in [9.17, 15) is 14.7 Å². The number of aromatic nitrogens is 2. The average Bonchev–Trinajstić information content (AvgIpc) is 3.26. The number of likely N-dealkylation sites (tertiary alicyclic amines) is 1. The molecular weight excluding hydrogens is 484 g/mol. The number of rotatable bonds is 7. The Hall–Kier alpha value is -4.13. The van der Waals surface area contributed by atoms with E-state index in [1.54, 1.807) is 0 Å². The van der Waals surface area contributed by atoms with Gasteiger partial charge in [-0.15, -0.1) is 0 Å². The average molecular weight is 515 g/mol. The number of ether oxygens (including phenoxy) is 1. The van der Waals surface area contributed by atoms with Gasteiger partial charge < -0.3 is 25.3 Å². The SMILES string of the molecule is O=C(O)NCC(Cc1ccc(C#Cc2ccc(CN3CC4CCC(C3)O4)cc2)cc1)c1nc[nH]c(=O)c1O. The molecule has 2 fully saturated rings. The summed E-state index contributed by atoms with van der Waals surface area (Å²) >= 11 is 0. The lowest BCUT2D eigenvalue weighted by Crippen LogP contribution is -2.41. The minimum absolute atomic E-state index is 0.00357. The van der Waals surface area contributed by atoms with E-state index in [0.717, 1.165) is 36.3 Å². The highest BCUT2D eigenvalue weighted by Crippen LogP contribution is 2.27. The Bertz CT molecular complexity index is 1380. The number of aromatic amines is 1. The normalized spacial score (nSPS) is 19.4. The quantitative estimate of drug-likeness (QED) is 0.357. The number of amides is 1. The zero-order valence-corrected chi connectivity index (χ0v) is 20.9. The predicted molar refractivity (Wildman–Crippen MR) is 141 cm³/mol. The van der Waals surface area contributed by atoms with E-state index in [4.69, 9.17) is 9.84 Å². The topological polar surface area (TPSA) is 128 Å². The van der Waals surface area contributed by atoms with Crippen LogP contribution in [0.2, 0.25) is 0 Å². The Kier molecular flexibility index (Phi) is 7.73. The van der Waals surface area contributed by atoms with Gasteiger partial charge in [-0.25, -0.2) is 9.78 Å². The van der Waals surface area contributed by atoms with Crippen LogP contribution in [0, 0.1) is 11.8 Å². The lowest BCUT2D eigenvalue weighted by Gasteiger charge is -2.32. The van der Waals surface area contributed by atoms with E-state index in [-0.39, 0.29) is 12.2 Å². The fourth-order valence-electron chi connectivity index (χ4n) is 5.11. The summed E-state index contributed by atoms with van der Waals surface area (Å²) in [7, 11) is 0. The van der Waals surface area contributed by atoms with E-state index < -0.39 is 23.3 Å². The van der Waals surface area contributed by atoms with Gasteiger partial charge in [0.05, 0.1) is 24.2 Å². The Morgan fingerprint density at radius 2 is 1.66 bits per heavy atom. The molecule has 5 rings (SSSR count). The second kappa shape index (κ2) is 11.5. The van der Waals surface area contributed by atoms with Crippen molar-refractivity contribution in [2.24, 2.45) is 0 Å². The molecule has 1 amide bonds. The van der Waals surface area contributed by atoms with Gasteiger partial charge in [0.25, 0.3) is 5.56 Å². The summed E-state index contributed by atoms with van der Waals surface area (Å²) in [6, 6.07) is 16.0. The molecule has 2 saturated heterocycles. The first-order chi connectivity index (χ1) is 18.4. The molecule has 2 aliphatic rings. The predicted octanol–water partition coefficient (Wildman–Crippen LogP) is 2.83. The van der Waals surface area contributed by atoms with Crippen molar-refractivity contribution >= 4 is 6.09 Å². The highest BCUT2D eigenvalue weighted by Gasteiger charge is 2.33. The number of H-pyrrole nitrogens is 1. The van der Waals surface area contributed by atoms with Crippen LogP contribution in [0.25, 0.3) is 0 Å². The number of nitrogens with one attached hydrogen (secondary N) is 2. The molecule has 0 aliphatic carbocycles. The maximum atomic E-state index is 11.8. The van der Waals surface area contributed by atoms with Crippen molar-refractivity contribution in [3.63, 3.8) is 0 Å².